The predicted octanol–water partition coefficient (Wildman–Crippen LogP) is 2.58. The Balaban J connectivity index is 2.16. The summed E-state index contributed by atoms with van der Waals surface area (Å²) in [4.78, 5) is 25.0. The minimum absolute atomic E-state index is 0.294. The number of carbonyl (C=O) groups excluding carboxylic acids is 1. The van der Waals surface area contributed by atoms with Crippen molar-refractivity contribution in [1.82, 2.24) is 4.98 Å². The summed E-state index contributed by atoms with van der Waals surface area (Å²) in [7, 11) is 0. The van der Waals surface area contributed by atoms with Crippen molar-refractivity contribution in [3.05, 3.63) is 40.4 Å². The largest absolute Gasteiger partial charge is 0.381 e. The van der Waals surface area contributed by atoms with Gasteiger partial charge in [-0.1, -0.05) is 0 Å². The zero-order valence-electron chi connectivity index (χ0n) is 9.68. The monoisotopic (exact) mass is 244 g/mol. The van der Waals surface area contributed by atoms with Gasteiger partial charge in [-0.05, 0) is 30.2 Å². The van der Waals surface area contributed by atoms with E-state index in [9.17, 15) is 9.70 Å². The highest BCUT2D eigenvalue weighted by molar-refractivity contribution is 6.06. The van der Waals surface area contributed by atoms with E-state index in [1.54, 1.807) is 12.3 Å². The molecule has 1 aromatic carbocycles. The average Bonchev–Trinajstić information content (AvgIpc) is 3.06. The van der Waals surface area contributed by atoms with Crippen LogP contribution in [0.3, 0.4) is 0 Å². The molecule has 2 aromatic rings. The number of ether oxygens (including phenoxy) is 1. The number of amides is 1. The van der Waals surface area contributed by atoms with Crippen LogP contribution in [-0.2, 0) is 4.74 Å². The molecule has 1 aromatic heterocycles. The van der Waals surface area contributed by atoms with E-state index in [1.165, 1.54) is 0 Å². The van der Waals surface area contributed by atoms with Gasteiger partial charge >= 0.3 is 5.91 Å². The first kappa shape index (κ1) is 11.1. The second-order valence-corrected chi connectivity index (χ2v) is 4.47. The first-order valence-corrected chi connectivity index (χ1v) is 5.86. The molecule has 0 radical (unpaired) electrons. The lowest BCUT2D eigenvalue weighted by Crippen LogP contribution is -2.02. The molecule has 92 valence electrons. The van der Waals surface area contributed by atoms with Gasteiger partial charge in [-0.25, -0.2) is 0 Å². The van der Waals surface area contributed by atoms with Crippen molar-refractivity contribution in [3.8, 4) is 0 Å². The molecule has 1 amide bonds. The van der Waals surface area contributed by atoms with Gasteiger partial charge < -0.3 is 9.72 Å². The quantitative estimate of drug-likeness (QED) is 0.825. The van der Waals surface area contributed by atoms with Crippen molar-refractivity contribution in [3.63, 3.8) is 0 Å². The van der Waals surface area contributed by atoms with Crippen LogP contribution >= 0.6 is 0 Å². The molecule has 0 saturated carbocycles. The normalized spacial score (nSPS) is 19.2. The van der Waals surface area contributed by atoms with Gasteiger partial charge in [-0.3, -0.25) is 4.79 Å². The first-order valence-electron chi connectivity index (χ1n) is 5.86. The fourth-order valence-corrected chi connectivity index (χ4v) is 2.45. The number of hydrogen-bond donors (Lipinski definition) is 1. The second-order valence-electron chi connectivity index (χ2n) is 4.47. The molecule has 1 aliphatic heterocycles. The summed E-state index contributed by atoms with van der Waals surface area (Å²) in [5.41, 5.74) is 2.04. The molecule has 5 nitrogen and oxygen atoms in total. The molecule has 1 aliphatic rings. The third-order valence-corrected chi connectivity index (χ3v) is 3.40. The summed E-state index contributed by atoms with van der Waals surface area (Å²) in [6.07, 6.45) is 2.69. The lowest BCUT2D eigenvalue weighted by molar-refractivity contribution is 0.100. The van der Waals surface area contributed by atoms with Crippen molar-refractivity contribution in [2.24, 2.45) is 5.18 Å². The second kappa shape index (κ2) is 4.34. The maximum absolute atomic E-state index is 11.6. The molecule has 1 fully saturated rings. The molecule has 1 N–H and O–H groups in total. The minimum Gasteiger partial charge on any atom is -0.381 e. The van der Waals surface area contributed by atoms with Crippen molar-refractivity contribution >= 4 is 16.8 Å². The van der Waals surface area contributed by atoms with Gasteiger partial charge in [0.05, 0.1) is 17.7 Å². The van der Waals surface area contributed by atoms with E-state index in [2.05, 4.69) is 10.2 Å². The molecular weight excluding hydrogens is 232 g/mol. The van der Waals surface area contributed by atoms with Crippen LogP contribution < -0.4 is 0 Å². The van der Waals surface area contributed by atoms with Crippen LogP contribution in [0.25, 0.3) is 10.9 Å². The standard InChI is InChI=1S/C13H12N2O3/c16-13(15-17)11-6-10(9-2-4-18-7-9)5-8-1-3-14-12(8)11/h1,3,5-6,9,14H,2,4,7H2/t9-/m1/s1. The Bertz CT molecular complexity index is 612. The van der Waals surface area contributed by atoms with Gasteiger partial charge in [-0.2, -0.15) is 0 Å². The summed E-state index contributed by atoms with van der Waals surface area (Å²) in [5, 5.41) is 3.44. The third kappa shape index (κ3) is 1.73. The number of benzene rings is 1. The van der Waals surface area contributed by atoms with Crippen molar-refractivity contribution in [2.75, 3.05) is 13.2 Å². The minimum atomic E-state index is -0.733. The summed E-state index contributed by atoms with van der Waals surface area (Å²) in [6, 6.07) is 5.67. The zero-order valence-corrected chi connectivity index (χ0v) is 9.68. The Labute approximate surface area is 103 Å². The van der Waals surface area contributed by atoms with Gasteiger partial charge in [0, 0.05) is 29.3 Å². The summed E-state index contributed by atoms with van der Waals surface area (Å²) in [5.74, 6) is -0.439. The van der Waals surface area contributed by atoms with E-state index in [-0.39, 0.29) is 0 Å². The lowest BCUT2D eigenvalue weighted by Gasteiger charge is -2.09. The molecule has 3 rings (SSSR count). The van der Waals surface area contributed by atoms with Crippen LogP contribution in [0.1, 0.15) is 28.3 Å². The predicted molar refractivity (Wildman–Crippen MR) is 66.6 cm³/mol. The maximum atomic E-state index is 11.6. The van der Waals surface area contributed by atoms with Gasteiger partial charge in [0.2, 0.25) is 0 Å². The van der Waals surface area contributed by atoms with Crippen LogP contribution in [0.5, 0.6) is 0 Å². The number of carbonyl (C=O) groups is 1. The van der Waals surface area contributed by atoms with E-state index >= 15 is 0 Å². The molecule has 1 atom stereocenters. The Morgan fingerprint density at radius 1 is 1.44 bits per heavy atom. The van der Waals surface area contributed by atoms with Gasteiger partial charge in [0.25, 0.3) is 0 Å². The van der Waals surface area contributed by atoms with Crippen LogP contribution in [0, 0.1) is 4.91 Å². The van der Waals surface area contributed by atoms with E-state index in [4.69, 9.17) is 4.74 Å². The number of nitroso groups, excluding NO2 is 1. The summed E-state index contributed by atoms with van der Waals surface area (Å²) < 4.78 is 5.35. The van der Waals surface area contributed by atoms with Crippen molar-refractivity contribution in [2.45, 2.75) is 12.3 Å². The molecule has 2 heterocycles. The number of fused-ring (bicyclic) bond motifs is 1. The first-order chi connectivity index (χ1) is 8.79. The lowest BCUT2D eigenvalue weighted by atomic mass is 9.95. The zero-order chi connectivity index (χ0) is 12.5. The molecule has 0 unspecified atom stereocenters. The fourth-order valence-electron chi connectivity index (χ4n) is 2.45. The van der Waals surface area contributed by atoms with E-state index in [0.29, 0.717) is 23.6 Å². The number of aromatic nitrogens is 1. The van der Waals surface area contributed by atoms with E-state index < -0.39 is 5.91 Å². The SMILES string of the molecule is O=NC(=O)c1cc([C@@H]2CCOC2)cc2cc[nH]c12. The smallest absolute Gasteiger partial charge is 0.318 e. The Hall–Kier alpha value is -2.01. The molecule has 0 aliphatic carbocycles. The Kier molecular flexibility index (Phi) is 2.68. The van der Waals surface area contributed by atoms with Crippen LogP contribution in [0.4, 0.5) is 0 Å². The van der Waals surface area contributed by atoms with Crippen molar-refractivity contribution in [1.29, 1.82) is 0 Å². The average molecular weight is 244 g/mol. The number of nitrogens with zero attached hydrogens (tertiary/aromatic N) is 1. The van der Waals surface area contributed by atoms with Crippen LogP contribution in [-0.4, -0.2) is 24.1 Å². The summed E-state index contributed by atoms with van der Waals surface area (Å²) >= 11 is 0. The Morgan fingerprint density at radius 3 is 3.06 bits per heavy atom. The maximum Gasteiger partial charge on any atom is 0.318 e. The highest BCUT2D eigenvalue weighted by Gasteiger charge is 2.21. The number of hydrogen-bond acceptors (Lipinski definition) is 3. The molecule has 18 heavy (non-hydrogen) atoms. The number of H-pyrrole nitrogens is 1. The van der Waals surface area contributed by atoms with Crippen LogP contribution in [0.2, 0.25) is 0 Å². The number of aromatic amines is 1. The molecule has 0 bridgehead atoms. The highest BCUT2D eigenvalue weighted by Crippen LogP contribution is 2.30. The molecule has 0 spiro atoms. The highest BCUT2D eigenvalue weighted by atomic mass is 16.5. The topological polar surface area (TPSA) is 71.5 Å². The molecular formula is C13H12N2O3. The number of rotatable bonds is 2. The number of nitrogens with one attached hydrogen (secondary N) is 1. The van der Waals surface area contributed by atoms with Crippen LogP contribution in [0.15, 0.2) is 29.6 Å². The van der Waals surface area contributed by atoms with E-state index in [0.717, 1.165) is 24.0 Å². The Morgan fingerprint density at radius 2 is 2.33 bits per heavy atom. The van der Waals surface area contributed by atoms with Gasteiger partial charge in [0.15, 0.2) is 0 Å². The van der Waals surface area contributed by atoms with Gasteiger partial charge in [0.1, 0.15) is 0 Å². The summed E-state index contributed by atoms with van der Waals surface area (Å²) in [6.45, 7) is 1.41. The van der Waals surface area contributed by atoms with Crippen molar-refractivity contribution < 1.29 is 9.53 Å². The van der Waals surface area contributed by atoms with E-state index in [1.807, 2.05) is 12.1 Å². The molecule has 1 saturated heterocycles. The van der Waals surface area contributed by atoms with Gasteiger partial charge in [-0.15, -0.1) is 4.91 Å². The fraction of sp³-hybridized carbons (Fsp3) is 0.308. The molecule has 5 heteroatoms. The third-order valence-electron chi connectivity index (χ3n) is 3.40.